The summed E-state index contributed by atoms with van der Waals surface area (Å²) in [6, 6.07) is 34.3. The summed E-state index contributed by atoms with van der Waals surface area (Å²) in [5.41, 5.74) is 4.39. The Labute approximate surface area is 214 Å². The zero-order valence-corrected chi connectivity index (χ0v) is 22.5. The molecular weight excluding hydrogens is 542 g/mol. The van der Waals surface area contributed by atoms with Gasteiger partial charge in [-0.05, 0) is 0 Å². The number of hydrogen-bond donors (Lipinski definition) is 0. The van der Waals surface area contributed by atoms with E-state index in [9.17, 15) is 0 Å². The van der Waals surface area contributed by atoms with Gasteiger partial charge < -0.3 is 0 Å². The van der Waals surface area contributed by atoms with Crippen LogP contribution in [0.1, 0.15) is 22.3 Å². The molecule has 0 aliphatic rings. The second-order valence-electron chi connectivity index (χ2n) is 7.88. The number of hydrogen-bond acceptors (Lipinski definition) is 0. The van der Waals surface area contributed by atoms with Crippen LogP contribution in [-0.4, -0.2) is 29.9 Å². The minimum absolute atomic E-state index is 0.366. The van der Waals surface area contributed by atoms with Gasteiger partial charge >= 0.3 is 215 Å². The molecule has 2 heteroatoms. The fourth-order valence-corrected chi connectivity index (χ4v) is 6.33. The summed E-state index contributed by atoms with van der Waals surface area (Å²) >= 11 is 0.732. The van der Waals surface area contributed by atoms with Crippen LogP contribution in [0.25, 0.3) is 21.5 Å². The van der Waals surface area contributed by atoms with Gasteiger partial charge in [0.2, 0.25) is 0 Å². The molecule has 0 unspecified atom stereocenters. The van der Waals surface area contributed by atoms with E-state index in [1.165, 1.54) is 30.5 Å². The van der Waals surface area contributed by atoms with Gasteiger partial charge in [0, 0.05) is 0 Å². The summed E-state index contributed by atoms with van der Waals surface area (Å²) in [6.45, 7) is 0. The molecule has 0 radical (unpaired) electrons. The molecule has 5 aromatic carbocycles. The Morgan fingerprint density at radius 2 is 0.824 bits per heavy atom. The van der Waals surface area contributed by atoms with Crippen LogP contribution in [0.2, 0.25) is 11.6 Å². The van der Waals surface area contributed by atoms with Crippen LogP contribution < -0.4 is 8.92 Å². The predicted molar refractivity (Wildman–Crippen MR) is 149 cm³/mol. The van der Waals surface area contributed by atoms with Crippen molar-refractivity contribution < 1.29 is 0 Å². The number of fused-ring (bicyclic) bond motifs is 2. The summed E-state index contributed by atoms with van der Waals surface area (Å²) in [6.07, 6.45) is 0. The van der Waals surface area contributed by atoms with Crippen LogP contribution in [-0.2, 0) is 0 Å². The van der Waals surface area contributed by atoms with Crippen LogP contribution in [0.15, 0.2) is 97.1 Å². The average molecular weight is 564 g/mol. The van der Waals surface area contributed by atoms with Crippen molar-refractivity contribution in [3.63, 3.8) is 0 Å². The molecule has 0 amide bonds. The standard InChI is InChI=1S/C32H22Se2/c1-33-31-21-29-19-28-18-26(16-14-24-11-7-4-8-12-24)32(34-2)22-30(28)20-27(29)17-25(31)15-13-23-9-5-3-6-10-23/h3-12,17-22H,1-2H3. The molecule has 34 heavy (non-hydrogen) atoms. The molecule has 162 valence electrons. The van der Waals surface area contributed by atoms with Crippen LogP contribution >= 0.6 is 0 Å². The van der Waals surface area contributed by atoms with Crippen molar-refractivity contribution in [2.45, 2.75) is 11.6 Å². The van der Waals surface area contributed by atoms with Crippen molar-refractivity contribution in [3.05, 3.63) is 119 Å². The SMILES string of the molecule is C[Se]c1cc2cc3cc(C#Cc4ccccc4)c([Se]C)cc3cc2cc1C#Cc1ccccc1. The summed E-state index contributed by atoms with van der Waals surface area (Å²) < 4.78 is 2.70. The van der Waals surface area contributed by atoms with Crippen molar-refractivity contribution in [2.24, 2.45) is 0 Å². The van der Waals surface area contributed by atoms with Crippen LogP contribution in [0, 0.1) is 23.7 Å². The molecule has 0 aliphatic carbocycles. The van der Waals surface area contributed by atoms with E-state index in [4.69, 9.17) is 0 Å². The van der Waals surface area contributed by atoms with Crippen molar-refractivity contribution in [3.8, 4) is 23.7 Å². The summed E-state index contributed by atoms with van der Waals surface area (Å²) in [5.74, 6) is 18.1. The van der Waals surface area contributed by atoms with Gasteiger partial charge in [0.05, 0.1) is 0 Å². The second kappa shape index (κ2) is 10.4. The van der Waals surface area contributed by atoms with E-state index < -0.39 is 0 Å². The quantitative estimate of drug-likeness (QED) is 0.150. The Morgan fingerprint density at radius 1 is 0.441 bits per heavy atom. The Kier molecular flexibility index (Phi) is 6.88. The molecule has 0 aromatic heterocycles. The zero-order chi connectivity index (χ0) is 23.3. The number of rotatable bonds is 2. The fraction of sp³-hybridized carbons (Fsp3) is 0.0625. The first kappa shape index (κ1) is 22.6. The van der Waals surface area contributed by atoms with Gasteiger partial charge in [-0.1, -0.05) is 0 Å². The van der Waals surface area contributed by atoms with Crippen molar-refractivity contribution >= 4 is 60.4 Å². The molecule has 0 N–H and O–H groups in total. The van der Waals surface area contributed by atoms with Crippen molar-refractivity contribution in [1.82, 2.24) is 0 Å². The van der Waals surface area contributed by atoms with Crippen LogP contribution in [0.4, 0.5) is 0 Å². The van der Waals surface area contributed by atoms with Crippen LogP contribution in [0.5, 0.6) is 0 Å². The Balaban J connectivity index is 1.61. The van der Waals surface area contributed by atoms with Crippen LogP contribution in [0.3, 0.4) is 0 Å². The van der Waals surface area contributed by atoms with E-state index in [-0.39, 0.29) is 0 Å². The first-order chi connectivity index (χ1) is 16.7. The van der Waals surface area contributed by atoms with Gasteiger partial charge in [0.25, 0.3) is 0 Å². The van der Waals surface area contributed by atoms with E-state index in [0.717, 1.165) is 22.3 Å². The van der Waals surface area contributed by atoms with E-state index in [2.05, 4.69) is 96.0 Å². The van der Waals surface area contributed by atoms with Gasteiger partial charge in [-0.25, -0.2) is 0 Å². The molecule has 0 fully saturated rings. The molecule has 5 aromatic rings. The fourth-order valence-electron chi connectivity index (χ4n) is 3.91. The molecule has 0 saturated carbocycles. The van der Waals surface area contributed by atoms with Crippen molar-refractivity contribution in [1.29, 1.82) is 0 Å². The van der Waals surface area contributed by atoms with Gasteiger partial charge in [0.1, 0.15) is 0 Å². The predicted octanol–water partition coefficient (Wildman–Crippen LogP) is 5.55. The normalized spacial score (nSPS) is 10.4. The molecule has 0 atom stereocenters. The first-order valence-electron chi connectivity index (χ1n) is 11.0. The number of benzene rings is 5. The summed E-state index contributed by atoms with van der Waals surface area (Å²) in [5, 5.41) is 5.03. The third kappa shape index (κ3) is 4.98. The molecule has 0 aliphatic heterocycles. The Hall–Kier alpha value is -3.22. The summed E-state index contributed by atoms with van der Waals surface area (Å²) in [4.78, 5) is 0. The zero-order valence-electron chi connectivity index (χ0n) is 19.1. The molecule has 0 heterocycles. The third-order valence-electron chi connectivity index (χ3n) is 5.66. The molecule has 5 rings (SSSR count). The summed E-state index contributed by atoms with van der Waals surface area (Å²) in [7, 11) is 0. The van der Waals surface area contributed by atoms with Gasteiger partial charge in [-0.15, -0.1) is 0 Å². The van der Waals surface area contributed by atoms with E-state index in [0.29, 0.717) is 29.9 Å². The molecule has 0 spiro atoms. The Morgan fingerprint density at radius 3 is 1.21 bits per heavy atom. The van der Waals surface area contributed by atoms with Gasteiger partial charge in [-0.2, -0.15) is 0 Å². The van der Waals surface area contributed by atoms with Crippen molar-refractivity contribution in [2.75, 3.05) is 0 Å². The Bertz CT molecular complexity index is 1490. The van der Waals surface area contributed by atoms with Gasteiger partial charge in [0.15, 0.2) is 0 Å². The monoisotopic (exact) mass is 566 g/mol. The topological polar surface area (TPSA) is 0 Å². The maximum absolute atomic E-state index is 3.44. The van der Waals surface area contributed by atoms with Gasteiger partial charge in [-0.3, -0.25) is 0 Å². The second-order valence-corrected chi connectivity index (χ2v) is 11.4. The first-order valence-corrected chi connectivity index (χ1v) is 16.1. The average Bonchev–Trinajstić information content (AvgIpc) is 2.89. The molecular formula is C32H22Se2. The molecule has 0 nitrogen and oxygen atoms in total. The molecule has 0 saturated heterocycles. The third-order valence-corrected chi connectivity index (χ3v) is 8.93. The minimum atomic E-state index is 0.366. The van der Waals surface area contributed by atoms with E-state index in [1.807, 2.05) is 36.4 Å². The van der Waals surface area contributed by atoms with E-state index >= 15 is 0 Å². The van der Waals surface area contributed by atoms with E-state index in [1.54, 1.807) is 0 Å². The maximum atomic E-state index is 3.44. The molecule has 0 bridgehead atoms.